The number of carbonyl (C=O) groups is 1. The summed E-state index contributed by atoms with van der Waals surface area (Å²) >= 11 is 0. The van der Waals surface area contributed by atoms with Gasteiger partial charge in [0.15, 0.2) is 0 Å². The van der Waals surface area contributed by atoms with Crippen molar-refractivity contribution in [2.75, 3.05) is 13.6 Å². The fourth-order valence-corrected chi connectivity index (χ4v) is 1.64. The van der Waals surface area contributed by atoms with Crippen molar-refractivity contribution >= 4 is 12.0 Å². The number of aryl methyl sites for hydroxylation is 2. The minimum Gasteiger partial charge on any atom is -0.341 e. The molecule has 0 fully saturated rings. The molecular weight excluding hydrogens is 228 g/mol. The molecule has 1 aromatic heterocycles. The average molecular weight is 246 g/mol. The van der Waals surface area contributed by atoms with Crippen LogP contribution in [0, 0.1) is 25.2 Å². The largest absolute Gasteiger partial charge is 0.341 e. The molecule has 1 rings (SSSR count). The van der Waals surface area contributed by atoms with Crippen molar-refractivity contribution in [3.63, 3.8) is 0 Å². The Bertz CT molecular complexity index is 508. The Kier molecular flexibility index (Phi) is 4.67. The van der Waals surface area contributed by atoms with Crippen molar-refractivity contribution in [3.05, 3.63) is 23.0 Å². The van der Waals surface area contributed by atoms with E-state index in [2.05, 4.69) is 5.10 Å². The molecule has 0 saturated carbocycles. The summed E-state index contributed by atoms with van der Waals surface area (Å²) in [6.45, 7) is 4.32. The van der Waals surface area contributed by atoms with Crippen LogP contribution in [0.3, 0.4) is 0 Å². The predicted molar refractivity (Wildman–Crippen MR) is 69.6 cm³/mol. The summed E-state index contributed by atoms with van der Waals surface area (Å²) in [6.07, 6.45) is 3.65. The maximum absolute atomic E-state index is 11.8. The van der Waals surface area contributed by atoms with Gasteiger partial charge in [0.2, 0.25) is 5.91 Å². The van der Waals surface area contributed by atoms with Crippen LogP contribution in [0.5, 0.6) is 0 Å². The lowest BCUT2D eigenvalue weighted by atomic mass is 10.2. The summed E-state index contributed by atoms with van der Waals surface area (Å²) in [5.41, 5.74) is 2.90. The molecule has 1 heterocycles. The molecule has 1 amide bonds. The fourth-order valence-electron chi connectivity index (χ4n) is 1.64. The van der Waals surface area contributed by atoms with E-state index in [1.54, 1.807) is 17.8 Å². The molecule has 0 radical (unpaired) electrons. The molecule has 0 aliphatic heterocycles. The normalized spacial score (nSPS) is 10.6. The summed E-state index contributed by atoms with van der Waals surface area (Å²) in [7, 11) is 3.56. The van der Waals surface area contributed by atoms with Gasteiger partial charge in [-0.05, 0) is 19.9 Å². The molecule has 0 aromatic carbocycles. The molecule has 0 atom stereocenters. The molecule has 0 aliphatic rings. The van der Waals surface area contributed by atoms with E-state index < -0.39 is 0 Å². The van der Waals surface area contributed by atoms with Gasteiger partial charge in [-0.25, -0.2) is 0 Å². The minimum atomic E-state index is -0.104. The molecule has 0 aliphatic carbocycles. The Balaban J connectivity index is 2.75. The van der Waals surface area contributed by atoms with Crippen LogP contribution in [0.2, 0.25) is 0 Å². The second kappa shape index (κ2) is 6.01. The van der Waals surface area contributed by atoms with Gasteiger partial charge < -0.3 is 4.90 Å². The lowest BCUT2D eigenvalue weighted by Crippen LogP contribution is -2.25. The topological polar surface area (TPSA) is 61.9 Å². The lowest BCUT2D eigenvalue weighted by Gasteiger charge is -2.12. The molecular formula is C13H18N4O. The quantitative estimate of drug-likeness (QED) is 0.755. The smallest absolute Gasteiger partial charge is 0.246 e. The summed E-state index contributed by atoms with van der Waals surface area (Å²) in [4.78, 5) is 13.3. The first-order valence-electron chi connectivity index (χ1n) is 5.77. The van der Waals surface area contributed by atoms with Crippen molar-refractivity contribution in [1.29, 1.82) is 5.26 Å². The van der Waals surface area contributed by atoms with Crippen LogP contribution in [-0.2, 0) is 11.8 Å². The van der Waals surface area contributed by atoms with Crippen molar-refractivity contribution in [3.8, 4) is 6.07 Å². The van der Waals surface area contributed by atoms with Gasteiger partial charge in [-0.15, -0.1) is 0 Å². The number of nitriles is 1. The van der Waals surface area contributed by atoms with Crippen molar-refractivity contribution in [2.24, 2.45) is 7.05 Å². The lowest BCUT2D eigenvalue weighted by molar-refractivity contribution is -0.124. The van der Waals surface area contributed by atoms with Gasteiger partial charge in [-0.3, -0.25) is 9.48 Å². The number of carbonyl (C=O) groups excluding carboxylic acids is 1. The Morgan fingerprint density at radius 1 is 1.56 bits per heavy atom. The zero-order valence-corrected chi connectivity index (χ0v) is 11.3. The SMILES string of the molecule is Cc1nn(C)c(C)c1C=CC(=O)N(C)CCC#N. The van der Waals surface area contributed by atoms with Gasteiger partial charge in [0, 0.05) is 38.0 Å². The van der Waals surface area contributed by atoms with E-state index in [1.807, 2.05) is 27.0 Å². The zero-order chi connectivity index (χ0) is 13.7. The highest BCUT2D eigenvalue weighted by Crippen LogP contribution is 2.13. The Morgan fingerprint density at radius 2 is 2.22 bits per heavy atom. The summed E-state index contributed by atoms with van der Waals surface area (Å²) in [5, 5.41) is 12.7. The average Bonchev–Trinajstić information content (AvgIpc) is 2.58. The number of aromatic nitrogens is 2. The molecule has 0 unspecified atom stereocenters. The highest BCUT2D eigenvalue weighted by atomic mass is 16.2. The number of likely N-dealkylation sites (N-methyl/N-ethyl adjacent to an activating group) is 1. The van der Waals surface area contributed by atoms with Crippen molar-refractivity contribution < 1.29 is 4.79 Å². The molecule has 0 spiro atoms. The number of hydrogen-bond acceptors (Lipinski definition) is 3. The number of nitrogens with zero attached hydrogens (tertiary/aromatic N) is 4. The molecule has 0 N–H and O–H groups in total. The summed E-state index contributed by atoms with van der Waals surface area (Å²) in [6, 6.07) is 2.02. The van der Waals surface area contributed by atoms with Crippen molar-refractivity contribution in [2.45, 2.75) is 20.3 Å². The molecule has 5 nitrogen and oxygen atoms in total. The predicted octanol–water partition coefficient (Wildman–Crippen LogP) is 1.42. The number of hydrogen-bond donors (Lipinski definition) is 0. The maximum Gasteiger partial charge on any atom is 0.246 e. The van der Waals surface area contributed by atoms with Crippen LogP contribution < -0.4 is 0 Å². The van der Waals surface area contributed by atoms with Crippen LogP contribution in [0.1, 0.15) is 23.4 Å². The van der Waals surface area contributed by atoms with Gasteiger partial charge in [0.05, 0.1) is 18.2 Å². The summed E-state index contributed by atoms with van der Waals surface area (Å²) < 4.78 is 1.79. The Labute approximate surface area is 107 Å². The van der Waals surface area contributed by atoms with E-state index in [0.717, 1.165) is 17.0 Å². The van der Waals surface area contributed by atoms with Gasteiger partial charge in [-0.2, -0.15) is 10.4 Å². The monoisotopic (exact) mass is 246 g/mol. The summed E-state index contributed by atoms with van der Waals surface area (Å²) in [5.74, 6) is -0.104. The Morgan fingerprint density at radius 3 is 2.72 bits per heavy atom. The standard InChI is InChI=1S/C13H18N4O/c1-10-12(11(2)17(4)15-10)6-7-13(18)16(3)9-5-8-14/h6-7H,5,9H2,1-4H3. The van der Waals surface area contributed by atoms with Crippen LogP contribution in [0.4, 0.5) is 0 Å². The fraction of sp³-hybridized carbons (Fsp3) is 0.462. The van der Waals surface area contributed by atoms with Gasteiger partial charge in [-0.1, -0.05) is 0 Å². The van der Waals surface area contributed by atoms with Gasteiger partial charge >= 0.3 is 0 Å². The van der Waals surface area contributed by atoms with Crippen LogP contribution in [-0.4, -0.2) is 34.2 Å². The van der Waals surface area contributed by atoms with E-state index in [9.17, 15) is 4.79 Å². The van der Waals surface area contributed by atoms with E-state index in [4.69, 9.17) is 5.26 Å². The zero-order valence-electron chi connectivity index (χ0n) is 11.3. The van der Waals surface area contributed by atoms with E-state index in [1.165, 1.54) is 11.0 Å². The molecule has 0 bridgehead atoms. The van der Waals surface area contributed by atoms with Crippen LogP contribution in [0.15, 0.2) is 6.08 Å². The first-order chi connectivity index (χ1) is 8.47. The van der Waals surface area contributed by atoms with E-state index >= 15 is 0 Å². The molecule has 0 saturated heterocycles. The molecule has 5 heteroatoms. The van der Waals surface area contributed by atoms with E-state index in [0.29, 0.717) is 13.0 Å². The molecule has 1 aromatic rings. The van der Waals surface area contributed by atoms with Gasteiger partial charge in [0.25, 0.3) is 0 Å². The first-order valence-corrected chi connectivity index (χ1v) is 5.77. The number of amides is 1. The van der Waals surface area contributed by atoms with Crippen LogP contribution in [0.25, 0.3) is 6.08 Å². The maximum atomic E-state index is 11.8. The third-order valence-corrected chi connectivity index (χ3v) is 2.89. The minimum absolute atomic E-state index is 0.104. The first kappa shape index (κ1) is 14.0. The van der Waals surface area contributed by atoms with E-state index in [-0.39, 0.29) is 5.91 Å². The molecule has 18 heavy (non-hydrogen) atoms. The highest BCUT2D eigenvalue weighted by molar-refractivity contribution is 5.91. The third-order valence-electron chi connectivity index (χ3n) is 2.89. The van der Waals surface area contributed by atoms with Crippen molar-refractivity contribution in [1.82, 2.24) is 14.7 Å². The Hall–Kier alpha value is -2.09. The molecule has 96 valence electrons. The highest BCUT2D eigenvalue weighted by Gasteiger charge is 2.08. The number of rotatable bonds is 4. The van der Waals surface area contributed by atoms with Gasteiger partial charge in [0.1, 0.15) is 0 Å². The second-order valence-electron chi connectivity index (χ2n) is 4.21. The van der Waals surface area contributed by atoms with Crippen LogP contribution >= 0.6 is 0 Å². The third kappa shape index (κ3) is 3.20. The second-order valence-corrected chi connectivity index (χ2v) is 4.21.